The van der Waals surface area contributed by atoms with Crippen molar-refractivity contribution in [2.45, 2.75) is 32.0 Å². The highest BCUT2D eigenvalue weighted by Crippen LogP contribution is 2.21. The molecule has 1 aromatic rings. The van der Waals surface area contributed by atoms with Gasteiger partial charge in [0.25, 0.3) is 0 Å². The Hall–Kier alpha value is -0.700. The maximum Gasteiger partial charge on any atom is 0.389 e. The number of halogens is 5. The molecule has 1 aromatic carbocycles. The van der Waals surface area contributed by atoms with Crippen molar-refractivity contribution in [2.75, 3.05) is 20.6 Å². The molecule has 0 unspecified atom stereocenters. The summed E-state index contributed by atoms with van der Waals surface area (Å²) in [6, 6.07) is 7.51. The van der Waals surface area contributed by atoms with Crippen LogP contribution in [0.4, 0.5) is 13.2 Å². The summed E-state index contributed by atoms with van der Waals surface area (Å²) in [6.45, 7) is 1.07. The van der Waals surface area contributed by atoms with Gasteiger partial charge in [0, 0.05) is 38.6 Å². The van der Waals surface area contributed by atoms with E-state index in [2.05, 4.69) is 10.3 Å². The molecule has 0 amide bonds. The van der Waals surface area contributed by atoms with Gasteiger partial charge in [0.15, 0.2) is 5.96 Å². The topological polar surface area (TPSA) is 27.6 Å². The maximum absolute atomic E-state index is 12.0. The van der Waals surface area contributed by atoms with Crippen molar-refractivity contribution in [3.63, 3.8) is 0 Å². The van der Waals surface area contributed by atoms with E-state index in [1.165, 1.54) is 0 Å². The fourth-order valence-electron chi connectivity index (χ4n) is 2.02. The molecule has 0 saturated heterocycles. The minimum Gasteiger partial charge on any atom is -0.356 e. The summed E-state index contributed by atoms with van der Waals surface area (Å²) in [5.41, 5.74) is 1.04. The predicted molar refractivity (Wildman–Crippen MR) is 99.6 cm³/mol. The number of nitrogens with one attached hydrogen (secondary N) is 1. The first-order valence-corrected chi connectivity index (χ1v) is 7.42. The zero-order valence-corrected chi connectivity index (χ0v) is 16.2. The quantitative estimate of drug-likeness (QED) is 0.287. The van der Waals surface area contributed by atoms with E-state index >= 15 is 0 Å². The largest absolute Gasteiger partial charge is 0.389 e. The summed E-state index contributed by atoms with van der Waals surface area (Å²) in [5, 5.41) is 3.73. The van der Waals surface area contributed by atoms with Gasteiger partial charge in [-0.2, -0.15) is 13.2 Å². The lowest BCUT2D eigenvalue weighted by molar-refractivity contribution is -0.135. The van der Waals surface area contributed by atoms with Crippen molar-refractivity contribution in [2.24, 2.45) is 4.99 Å². The molecule has 0 bridgehead atoms. The molecule has 0 aliphatic rings. The van der Waals surface area contributed by atoms with Crippen LogP contribution in [0.25, 0.3) is 0 Å². The molecule has 0 atom stereocenters. The fourth-order valence-corrected chi connectivity index (χ4v) is 2.23. The second kappa shape index (κ2) is 11.0. The van der Waals surface area contributed by atoms with Crippen LogP contribution in [-0.2, 0) is 6.54 Å². The van der Waals surface area contributed by atoms with Gasteiger partial charge in [-0.15, -0.1) is 24.0 Å². The first-order chi connectivity index (χ1) is 10.3. The van der Waals surface area contributed by atoms with E-state index in [9.17, 15) is 13.2 Å². The molecule has 0 saturated carbocycles. The van der Waals surface area contributed by atoms with Crippen molar-refractivity contribution in [3.05, 3.63) is 34.9 Å². The highest BCUT2D eigenvalue weighted by molar-refractivity contribution is 14.0. The van der Waals surface area contributed by atoms with Crippen LogP contribution >= 0.6 is 35.6 Å². The Morgan fingerprint density at radius 3 is 2.57 bits per heavy atom. The van der Waals surface area contributed by atoms with Crippen LogP contribution in [0.2, 0.25) is 5.02 Å². The molecule has 0 spiro atoms. The Kier molecular flexibility index (Phi) is 10.6. The number of rotatable bonds is 6. The third kappa shape index (κ3) is 9.91. The summed E-state index contributed by atoms with van der Waals surface area (Å²) in [4.78, 5) is 6.03. The number of alkyl halides is 3. The molecule has 1 N–H and O–H groups in total. The molecular weight excluding hydrogens is 442 g/mol. The summed E-state index contributed by atoms with van der Waals surface area (Å²) in [6.07, 6.45) is -4.26. The van der Waals surface area contributed by atoms with Crippen LogP contribution in [0.3, 0.4) is 0 Å². The van der Waals surface area contributed by atoms with Crippen LogP contribution < -0.4 is 5.32 Å². The van der Waals surface area contributed by atoms with Crippen LogP contribution in [0.15, 0.2) is 29.3 Å². The lowest BCUT2D eigenvalue weighted by atomic mass is 10.2. The van der Waals surface area contributed by atoms with E-state index < -0.39 is 12.6 Å². The number of guanidine groups is 1. The van der Waals surface area contributed by atoms with Gasteiger partial charge >= 0.3 is 6.18 Å². The maximum atomic E-state index is 12.0. The van der Waals surface area contributed by atoms with Gasteiger partial charge in [-0.3, -0.25) is 4.99 Å². The highest BCUT2D eigenvalue weighted by Gasteiger charge is 2.25. The molecule has 0 aliphatic carbocycles. The summed E-state index contributed by atoms with van der Waals surface area (Å²) < 4.78 is 36.1. The third-order valence-corrected chi connectivity index (χ3v) is 3.29. The van der Waals surface area contributed by atoms with Gasteiger partial charge in [0.2, 0.25) is 0 Å². The van der Waals surface area contributed by atoms with Crippen molar-refractivity contribution >= 4 is 41.5 Å². The Morgan fingerprint density at radius 2 is 2.00 bits per heavy atom. The monoisotopic (exact) mass is 463 g/mol. The minimum absolute atomic E-state index is 0. The minimum atomic E-state index is -4.08. The van der Waals surface area contributed by atoms with Crippen molar-refractivity contribution in [3.8, 4) is 0 Å². The molecule has 0 heterocycles. The zero-order chi connectivity index (χ0) is 16.6. The number of benzene rings is 1. The first-order valence-electron chi connectivity index (χ1n) is 7.05. The average Bonchev–Trinajstić information content (AvgIpc) is 2.41. The Morgan fingerprint density at radius 1 is 1.30 bits per heavy atom. The molecule has 0 aromatic heterocycles. The van der Waals surface area contributed by atoms with E-state index in [1.807, 2.05) is 30.1 Å². The van der Waals surface area contributed by atoms with E-state index in [0.29, 0.717) is 30.5 Å². The first kappa shape index (κ1) is 22.3. The van der Waals surface area contributed by atoms with Crippen LogP contribution in [0, 0.1) is 0 Å². The molecule has 3 nitrogen and oxygen atoms in total. The van der Waals surface area contributed by atoms with Crippen molar-refractivity contribution in [1.82, 2.24) is 10.2 Å². The lowest BCUT2D eigenvalue weighted by Gasteiger charge is -2.22. The molecule has 132 valence electrons. The Balaban J connectivity index is 0.00000484. The zero-order valence-electron chi connectivity index (χ0n) is 13.2. The molecule has 0 aliphatic heterocycles. The molecule has 23 heavy (non-hydrogen) atoms. The van der Waals surface area contributed by atoms with E-state index in [1.54, 1.807) is 13.1 Å². The van der Waals surface area contributed by atoms with Crippen LogP contribution in [0.1, 0.15) is 24.8 Å². The van der Waals surface area contributed by atoms with Gasteiger partial charge in [0.05, 0.1) is 0 Å². The number of hydrogen-bond donors (Lipinski definition) is 1. The molecule has 0 radical (unpaired) electrons. The number of unbranched alkanes of at least 4 members (excludes halogenated alkanes) is 1. The SMILES string of the molecule is CN=C(NCCCCC(F)(F)F)N(C)Cc1cccc(Cl)c1.I. The molecule has 8 heteroatoms. The molecule has 1 rings (SSSR count). The summed E-state index contributed by atoms with van der Waals surface area (Å²) in [7, 11) is 3.51. The second-order valence-corrected chi connectivity index (χ2v) is 5.47. The highest BCUT2D eigenvalue weighted by atomic mass is 127. The number of aliphatic imine (C=N–C) groups is 1. The van der Waals surface area contributed by atoms with Gasteiger partial charge in [0.1, 0.15) is 0 Å². The summed E-state index contributed by atoms with van der Waals surface area (Å²) >= 11 is 5.94. The Labute approximate surface area is 157 Å². The number of hydrogen-bond acceptors (Lipinski definition) is 1. The van der Waals surface area contributed by atoms with Gasteiger partial charge < -0.3 is 10.2 Å². The van der Waals surface area contributed by atoms with Crippen molar-refractivity contribution in [1.29, 1.82) is 0 Å². The predicted octanol–water partition coefficient (Wildman–Crippen LogP) is 4.70. The fraction of sp³-hybridized carbons (Fsp3) is 0.533. The van der Waals surface area contributed by atoms with Gasteiger partial charge in [-0.05, 0) is 30.5 Å². The van der Waals surface area contributed by atoms with E-state index in [-0.39, 0.29) is 30.4 Å². The van der Waals surface area contributed by atoms with E-state index in [4.69, 9.17) is 11.6 Å². The standard InChI is InChI=1S/C15H21ClF3N3.HI/c1-20-14(21-9-4-3-8-15(17,18)19)22(2)11-12-6-5-7-13(16)10-12;/h5-7,10H,3-4,8-9,11H2,1-2H3,(H,20,21);1H. The number of nitrogens with zero attached hydrogens (tertiary/aromatic N) is 2. The van der Waals surface area contributed by atoms with Gasteiger partial charge in [-0.1, -0.05) is 23.7 Å². The van der Waals surface area contributed by atoms with Crippen LogP contribution in [-0.4, -0.2) is 37.7 Å². The van der Waals surface area contributed by atoms with Crippen molar-refractivity contribution < 1.29 is 13.2 Å². The summed E-state index contributed by atoms with van der Waals surface area (Å²) in [5.74, 6) is 0.645. The van der Waals surface area contributed by atoms with Gasteiger partial charge in [-0.25, -0.2) is 0 Å². The molecule has 0 fully saturated rings. The van der Waals surface area contributed by atoms with E-state index in [0.717, 1.165) is 5.56 Å². The Bertz CT molecular complexity index is 495. The second-order valence-electron chi connectivity index (χ2n) is 5.03. The lowest BCUT2D eigenvalue weighted by Crippen LogP contribution is -2.38. The molecular formula is C15H22ClF3IN3. The van der Waals surface area contributed by atoms with Crippen LogP contribution in [0.5, 0.6) is 0 Å². The third-order valence-electron chi connectivity index (χ3n) is 3.05. The smallest absolute Gasteiger partial charge is 0.356 e. The normalized spacial score (nSPS) is 11.8. The average molecular weight is 464 g/mol.